The fourth-order valence-electron chi connectivity index (χ4n) is 3.02. The molecule has 8 heteroatoms. The number of hydrogen-bond acceptors (Lipinski definition) is 6. The Bertz CT molecular complexity index is 1100. The molecule has 0 spiro atoms. The van der Waals surface area contributed by atoms with Crippen LogP contribution in [-0.4, -0.2) is 28.3 Å². The maximum absolute atomic E-state index is 12.7. The molecule has 1 amide bonds. The first-order chi connectivity index (χ1) is 13.5. The number of ether oxygens (including phenoxy) is 1. The Morgan fingerprint density at radius 2 is 2.00 bits per heavy atom. The molecule has 0 radical (unpaired) electrons. The van der Waals surface area contributed by atoms with E-state index < -0.39 is 5.97 Å². The van der Waals surface area contributed by atoms with E-state index in [2.05, 4.69) is 10.4 Å². The van der Waals surface area contributed by atoms with Gasteiger partial charge in [-0.25, -0.2) is 4.79 Å². The Morgan fingerprint density at radius 3 is 2.71 bits per heavy atom. The SMILES string of the molecule is CCOC(=O)c1c(NC(=O)Cn2ncc(=O)c3ccccc32)sc(CC)c1C. The summed E-state index contributed by atoms with van der Waals surface area (Å²) in [5, 5.41) is 7.86. The van der Waals surface area contributed by atoms with Gasteiger partial charge in [0.15, 0.2) is 0 Å². The van der Waals surface area contributed by atoms with Crippen LogP contribution in [0.5, 0.6) is 0 Å². The topological polar surface area (TPSA) is 90.3 Å². The van der Waals surface area contributed by atoms with Crippen molar-refractivity contribution in [3.05, 3.63) is 56.7 Å². The number of nitrogens with zero attached hydrogens (tertiary/aromatic N) is 2. The molecule has 0 unspecified atom stereocenters. The number of anilines is 1. The fraction of sp³-hybridized carbons (Fsp3) is 0.300. The minimum absolute atomic E-state index is 0.0819. The lowest BCUT2D eigenvalue weighted by Gasteiger charge is -2.10. The van der Waals surface area contributed by atoms with Crippen LogP contribution in [0, 0.1) is 6.92 Å². The maximum Gasteiger partial charge on any atom is 0.341 e. The van der Waals surface area contributed by atoms with Crippen LogP contribution in [0.25, 0.3) is 10.9 Å². The van der Waals surface area contributed by atoms with Crippen LogP contribution in [0.3, 0.4) is 0 Å². The minimum Gasteiger partial charge on any atom is -0.462 e. The first kappa shape index (κ1) is 19.8. The number of thiophene rings is 1. The average Bonchev–Trinajstić information content (AvgIpc) is 2.99. The summed E-state index contributed by atoms with van der Waals surface area (Å²) in [5.41, 5.74) is 1.61. The molecule has 146 valence electrons. The normalized spacial score (nSPS) is 10.8. The van der Waals surface area contributed by atoms with E-state index in [1.165, 1.54) is 22.2 Å². The lowest BCUT2D eigenvalue weighted by molar-refractivity contribution is -0.116. The molecule has 2 aromatic heterocycles. The summed E-state index contributed by atoms with van der Waals surface area (Å²) >= 11 is 1.37. The number of rotatable bonds is 6. The van der Waals surface area contributed by atoms with Crippen LogP contribution in [0.2, 0.25) is 0 Å². The highest BCUT2D eigenvalue weighted by Gasteiger charge is 2.23. The van der Waals surface area contributed by atoms with Crippen molar-refractivity contribution in [3.8, 4) is 0 Å². The van der Waals surface area contributed by atoms with Gasteiger partial charge in [0, 0.05) is 10.3 Å². The number of carbonyl (C=O) groups is 2. The number of para-hydroxylation sites is 1. The molecular weight excluding hydrogens is 378 g/mol. The summed E-state index contributed by atoms with van der Waals surface area (Å²) in [6, 6.07) is 6.99. The van der Waals surface area contributed by atoms with Gasteiger partial charge in [0.1, 0.15) is 11.5 Å². The molecule has 0 saturated heterocycles. The van der Waals surface area contributed by atoms with Crippen LogP contribution in [-0.2, 0) is 22.5 Å². The van der Waals surface area contributed by atoms with Gasteiger partial charge < -0.3 is 10.1 Å². The predicted molar refractivity (Wildman–Crippen MR) is 109 cm³/mol. The Kier molecular flexibility index (Phi) is 5.89. The molecule has 3 rings (SSSR count). The van der Waals surface area contributed by atoms with Crippen molar-refractivity contribution < 1.29 is 14.3 Å². The summed E-state index contributed by atoms with van der Waals surface area (Å²) in [4.78, 5) is 38.0. The lowest BCUT2D eigenvalue weighted by Crippen LogP contribution is -2.23. The molecule has 2 heterocycles. The van der Waals surface area contributed by atoms with Crippen LogP contribution >= 0.6 is 11.3 Å². The number of benzene rings is 1. The zero-order chi connectivity index (χ0) is 20.3. The Labute approximate surface area is 165 Å². The summed E-state index contributed by atoms with van der Waals surface area (Å²) in [7, 11) is 0. The standard InChI is InChI=1S/C20H21N3O4S/c1-4-16-12(3)18(20(26)27-5-2)19(28-16)22-17(25)11-23-14-9-7-6-8-13(14)15(24)10-21-23/h6-10H,4-5,11H2,1-3H3,(H,22,25). The van der Waals surface area contributed by atoms with E-state index in [0.717, 1.165) is 16.9 Å². The monoisotopic (exact) mass is 399 g/mol. The zero-order valence-electron chi connectivity index (χ0n) is 15.9. The zero-order valence-corrected chi connectivity index (χ0v) is 16.8. The van der Waals surface area contributed by atoms with Crippen LogP contribution in [0.15, 0.2) is 35.3 Å². The number of aromatic nitrogens is 2. The van der Waals surface area contributed by atoms with Gasteiger partial charge in [0.2, 0.25) is 11.3 Å². The number of aryl methyl sites for hydroxylation is 1. The molecule has 3 aromatic rings. The van der Waals surface area contributed by atoms with Gasteiger partial charge >= 0.3 is 5.97 Å². The number of nitrogens with one attached hydrogen (secondary N) is 1. The van der Waals surface area contributed by atoms with Crippen LogP contribution in [0.1, 0.15) is 34.6 Å². The average molecular weight is 399 g/mol. The molecule has 0 saturated carbocycles. The third kappa shape index (κ3) is 3.82. The van der Waals surface area contributed by atoms with E-state index in [1.54, 1.807) is 31.2 Å². The summed E-state index contributed by atoms with van der Waals surface area (Å²) in [6.07, 6.45) is 1.95. The van der Waals surface area contributed by atoms with Gasteiger partial charge in [-0.3, -0.25) is 14.3 Å². The van der Waals surface area contributed by atoms with Crippen molar-refractivity contribution in [2.24, 2.45) is 0 Å². The van der Waals surface area contributed by atoms with Gasteiger partial charge in [0.25, 0.3) is 0 Å². The molecule has 0 aliphatic heterocycles. The van der Waals surface area contributed by atoms with Gasteiger partial charge in [-0.1, -0.05) is 19.1 Å². The number of fused-ring (bicyclic) bond motifs is 1. The molecule has 28 heavy (non-hydrogen) atoms. The highest BCUT2D eigenvalue weighted by molar-refractivity contribution is 7.17. The molecule has 1 aromatic carbocycles. The van der Waals surface area contributed by atoms with Crippen molar-refractivity contribution in [2.75, 3.05) is 11.9 Å². The molecular formula is C20H21N3O4S. The van der Waals surface area contributed by atoms with Crippen molar-refractivity contribution in [1.29, 1.82) is 0 Å². The second-order valence-electron chi connectivity index (χ2n) is 6.16. The summed E-state index contributed by atoms with van der Waals surface area (Å²) in [6.45, 7) is 5.77. The molecule has 0 bridgehead atoms. The third-order valence-electron chi connectivity index (χ3n) is 4.35. The van der Waals surface area contributed by atoms with Gasteiger partial charge in [-0.05, 0) is 38.0 Å². The van der Waals surface area contributed by atoms with E-state index in [4.69, 9.17) is 4.74 Å². The Morgan fingerprint density at radius 1 is 1.25 bits per heavy atom. The lowest BCUT2D eigenvalue weighted by atomic mass is 10.1. The van der Waals surface area contributed by atoms with Crippen molar-refractivity contribution >= 4 is 39.1 Å². The van der Waals surface area contributed by atoms with Crippen molar-refractivity contribution in [2.45, 2.75) is 33.7 Å². The van der Waals surface area contributed by atoms with E-state index in [-0.39, 0.29) is 24.5 Å². The van der Waals surface area contributed by atoms with Crippen LogP contribution in [0.4, 0.5) is 5.00 Å². The molecule has 7 nitrogen and oxygen atoms in total. The van der Waals surface area contributed by atoms with Crippen molar-refractivity contribution in [1.82, 2.24) is 9.78 Å². The van der Waals surface area contributed by atoms with E-state index in [9.17, 15) is 14.4 Å². The quantitative estimate of drug-likeness (QED) is 0.643. The smallest absolute Gasteiger partial charge is 0.341 e. The van der Waals surface area contributed by atoms with Crippen molar-refractivity contribution in [3.63, 3.8) is 0 Å². The molecule has 0 atom stereocenters. The highest BCUT2D eigenvalue weighted by atomic mass is 32.1. The van der Waals surface area contributed by atoms with Gasteiger partial charge in [-0.2, -0.15) is 5.10 Å². The number of carbonyl (C=O) groups excluding carboxylic acids is 2. The number of esters is 1. The Hall–Kier alpha value is -3.00. The first-order valence-electron chi connectivity index (χ1n) is 9.00. The second-order valence-corrected chi connectivity index (χ2v) is 7.27. The van der Waals surface area contributed by atoms with E-state index in [1.807, 2.05) is 13.8 Å². The molecule has 0 aliphatic carbocycles. The molecule has 0 fully saturated rings. The summed E-state index contributed by atoms with van der Waals surface area (Å²) < 4.78 is 6.61. The maximum atomic E-state index is 12.7. The van der Waals surface area contributed by atoms with E-state index in [0.29, 0.717) is 21.5 Å². The Balaban J connectivity index is 1.89. The minimum atomic E-state index is -0.446. The predicted octanol–water partition coefficient (Wildman–Crippen LogP) is 3.14. The molecule has 1 N–H and O–H groups in total. The number of hydrogen-bond donors (Lipinski definition) is 1. The summed E-state index contributed by atoms with van der Waals surface area (Å²) in [5.74, 6) is -0.783. The highest BCUT2D eigenvalue weighted by Crippen LogP contribution is 2.34. The third-order valence-corrected chi connectivity index (χ3v) is 5.71. The largest absolute Gasteiger partial charge is 0.462 e. The second kappa shape index (κ2) is 8.35. The van der Waals surface area contributed by atoms with Crippen LogP contribution < -0.4 is 10.7 Å². The molecule has 0 aliphatic rings. The van der Waals surface area contributed by atoms with Gasteiger partial charge in [0.05, 0.1) is 23.9 Å². The first-order valence-corrected chi connectivity index (χ1v) is 9.82. The van der Waals surface area contributed by atoms with E-state index >= 15 is 0 Å². The van der Waals surface area contributed by atoms with Gasteiger partial charge in [-0.15, -0.1) is 11.3 Å². The fourth-order valence-corrected chi connectivity index (χ4v) is 4.17. The number of amides is 1.